The van der Waals surface area contributed by atoms with Gasteiger partial charge in [-0.05, 0) is 31.1 Å². The van der Waals surface area contributed by atoms with Crippen LogP contribution in [0.25, 0.3) is 0 Å². The van der Waals surface area contributed by atoms with E-state index in [0.29, 0.717) is 30.7 Å². The third-order valence-corrected chi connectivity index (χ3v) is 6.35. The Morgan fingerprint density at radius 3 is 2.40 bits per heavy atom. The summed E-state index contributed by atoms with van der Waals surface area (Å²) in [5.41, 5.74) is 0.985. The van der Waals surface area contributed by atoms with Crippen LogP contribution in [0.4, 0.5) is 0 Å². The van der Waals surface area contributed by atoms with Crippen LogP contribution in [0, 0.1) is 17.8 Å². The van der Waals surface area contributed by atoms with Crippen LogP contribution in [0.2, 0.25) is 0 Å². The van der Waals surface area contributed by atoms with Crippen LogP contribution in [0.1, 0.15) is 51.3 Å². The van der Waals surface area contributed by atoms with Crippen molar-refractivity contribution in [2.75, 3.05) is 13.1 Å². The molecule has 6 nitrogen and oxygen atoms in total. The molecule has 1 aromatic rings. The molecule has 136 valence electrons. The number of hydrogen-bond donors (Lipinski definition) is 0. The van der Waals surface area contributed by atoms with Crippen molar-refractivity contribution in [3.63, 3.8) is 0 Å². The smallest absolute Gasteiger partial charge is 0.228 e. The molecule has 0 radical (unpaired) electrons. The lowest BCUT2D eigenvalue weighted by Gasteiger charge is -2.42. The van der Waals surface area contributed by atoms with Gasteiger partial charge in [0.25, 0.3) is 0 Å². The van der Waals surface area contributed by atoms with Crippen molar-refractivity contribution in [2.45, 2.75) is 51.6 Å². The molecule has 1 aliphatic carbocycles. The Morgan fingerprint density at radius 1 is 1.16 bits per heavy atom. The topological polar surface area (TPSA) is 58.4 Å². The minimum absolute atomic E-state index is 0.147. The number of aromatic nitrogens is 2. The summed E-state index contributed by atoms with van der Waals surface area (Å²) in [5.74, 6) is 1.36. The minimum atomic E-state index is -0.167. The number of carbonyl (C=O) groups excluding carboxylic acids is 2. The molecule has 2 aliphatic heterocycles. The van der Waals surface area contributed by atoms with E-state index in [-0.39, 0.29) is 23.8 Å². The molecule has 2 saturated heterocycles. The predicted octanol–water partition coefficient (Wildman–Crippen LogP) is 1.98. The van der Waals surface area contributed by atoms with E-state index in [9.17, 15) is 9.59 Å². The second-order valence-electron chi connectivity index (χ2n) is 8.25. The normalized spacial score (nSPS) is 33.2. The number of hydrogen-bond acceptors (Lipinski definition) is 3. The summed E-state index contributed by atoms with van der Waals surface area (Å²) in [5, 5.41) is 0. The molecule has 4 rings (SSSR count). The van der Waals surface area contributed by atoms with Crippen molar-refractivity contribution in [1.82, 2.24) is 19.4 Å². The number of likely N-dealkylation sites (tertiary alicyclic amines) is 2. The first kappa shape index (κ1) is 16.6. The summed E-state index contributed by atoms with van der Waals surface area (Å²) in [7, 11) is 1.95. The van der Waals surface area contributed by atoms with Gasteiger partial charge in [-0.15, -0.1) is 0 Å². The van der Waals surface area contributed by atoms with Crippen molar-refractivity contribution < 1.29 is 9.59 Å². The highest BCUT2D eigenvalue weighted by Gasteiger charge is 2.49. The lowest BCUT2D eigenvalue weighted by Crippen LogP contribution is -2.50. The molecule has 4 atom stereocenters. The van der Waals surface area contributed by atoms with Gasteiger partial charge in [-0.1, -0.05) is 13.8 Å². The summed E-state index contributed by atoms with van der Waals surface area (Å²) in [6.07, 6.45) is 6.84. The predicted molar refractivity (Wildman–Crippen MR) is 93.4 cm³/mol. The maximum absolute atomic E-state index is 13.4. The van der Waals surface area contributed by atoms with Crippen molar-refractivity contribution in [2.24, 2.45) is 24.8 Å². The molecule has 2 unspecified atom stereocenters. The van der Waals surface area contributed by atoms with E-state index in [1.165, 1.54) is 0 Å². The maximum Gasteiger partial charge on any atom is 0.228 e. The molecule has 2 amide bonds. The lowest BCUT2D eigenvalue weighted by atomic mass is 9.85. The molecule has 25 heavy (non-hydrogen) atoms. The van der Waals surface area contributed by atoms with Crippen LogP contribution in [-0.4, -0.2) is 50.3 Å². The first-order valence-corrected chi connectivity index (χ1v) is 9.53. The standard InChI is InChI=1S/C19H28N4O2/c1-12-9-22(10-13(12)2)19(25)15-6-7-17(24)23(14-4-5-14)18(15)16-8-20-11-21(16)3/h8,11-15,18H,4-7,9-10H2,1-3H3/t12?,13?,15-,18-/m1/s1. The van der Waals surface area contributed by atoms with Gasteiger partial charge < -0.3 is 14.4 Å². The van der Waals surface area contributed by atoms with Crippen LogP contribution >= 0.6 is 0 Å². The Labute approximate surface area is 149 Å². The van der Waals surface area contributed by atoms with Crippen molar-refractivity contribution >= 4 is 11.8 Å². The van der Waals surface area contributed by atoms with Crippen molar-refractivity contribution in [3.8, 4) is 0 Å². The number of aryl methyl sites for hydroxylation is 1. The number of nitrogens with zero attached hydrogens (tertiary/aromatic N) is 4. The fourth-order valence-electron chi connectivity index (χ4n) is 4.50. The quantitative estimate of drug-likeness (QED) is 0.842. The molecule has 0 bridgehead atoms. The van der Waals surface area contributed by atoms with Gasteiger partial charge in [0.15, 0.2) is 0 Å². The number of amides is 2. The molecule has 1 saturated carbocycles. The molecule has 0 aromatic carbocycles. The molecule has 1 aromatic heterocycles. The average molecular weight is 344 g/mol. The summed E-state index contributed by atoms with van der Waals surface area (Å²) in [4.78, 5) is 34.3. The van der Waals surface area contributed by atoms with E-state index >= 15 is 0 Å². The summed E-state index contributed by atoms with van der Waals surface area (Å²) in [6, 6.07) is 0.138. The summed E-state index contributed by atoms with van der Waals surface area (Å²) < 4.78 is 1.97. The van der Waals surface area contributed by atoms with Gasteiger partial charge in [0.05, 0.1) is 30.2 Å². The SMILES string of the molecule is CC1CN(C(=O)[C@@H]2CCC(=O)N(C3CC3)[C@H]2c2cncn2C)CC1C. The van der Waals surface area contributed by atoms with E-state index in [4.69, 9.17) is 0 Å². The van der Waals surface area contributed by atoms with Gasteiger partial charge in [0.1, 0.15) is 0 Å². The second kappa shape index (κ2) is 6.15. The molecule has 6 heteroatoms. The van der Waals surface area contributed by atoms with Gasteiger partial charge in [0.2, 0.25) is 11.8 Å². The second-order valence-corrected chi connectivity index (χ2v) is 8.25. The van der Waals surface area contributed by atoms with Gasteiger partial charge in [-0.25, -0.2) is 4.98 Å². The number of rotatable bonds is 3. The summed E-state index contributed by atoms with van der Waals surface area (Å²) >= 11 is 0. The fraction of sp³-hybridized carbons (Fsp3) is 0.737. The van der Waals surface area contributed by atoms with E-state index in [1.807, 2.05) is 27.6 Å². The zero-order chi connectivity index (χ0) is 17.7. The molecule has 3 aliphatic rings. The Balaban J connectivity index is 1.66. The van der Waals surface area contributed by atoms with Crippen LogP contribution in [-0.2, 0) is 16.6 Å². The highest BCUT2D eigenvalue weighted by molar-refractivity contribution is 5.85. The van der Waals surface area contributed by atoms with Gasteiger partial charge in [0, 0.05) is 32.6 Å². The Bertz CT molecular complexity index is 671. The van der Waals surface area contributed by atoms with Crippen LogP contribution < -0.4 is 0 Å². The average Bonchev–Trinajstić information content (AvgIpc) is 3.24. The minimum Gasteiger partial charge on any atom is -0.342 e. The first-order chi connectivity index (χ1) is 12.0. The van der Waals surface area contributed by atoms with Crippen LogP contribution in [0.15, 0.2) is 12.5 Å². The maximum atomic E-state index is 13.4. The third-order valence-electron chi connectivity index (χ3n) is 6.35. The molecular weight excluding hydrogens is 316 g/mol. The van der Waals surface area contributed by atoms with Crippen molar-refractivity contribution in [3.05, 3.63) is 18.2 Å². The largest absolute Gasteiger partial charge is 0.342 e. The van der Waals surface area contributed by atoms with E-state index in [2.05, 4.69) is 18.8 Å². The highest BCUT2D eigenvalue weighted by Crippen LogP contribution is 2.44. The molecule has 0 N–H and O–H groups in total. The van der Waals surface area contributed by atoms with Crippen LogP contribution in [0.5, 0.6) is 0 Å². The molecule has 3 heterocycles. The molecule has 0 spiro atoms. The first-order valence-electron chi connectivity index (χ1n) is 9.53. The van der Waals surface area contributed by atoms with Crippen LogP contribution in [0.3, 0.4) is 0 Å². The Hall–Kier alpha value is -1.85. The zero-order valence-corrected chi connectivity index (χ0v) is 15.4. The van der Waals surface area contributed by atoms with Gasteiger partial charge in [-0.2, -0.15) is 0 Å². The van der Waals surface area contributed by atoms with E-state index in [0.717, 1.165) is 31.6 Å². The lowest BCUT2D eigenvalue weighted by molar-refractivity contribution is -0.148. The zero-order valence-electron chi connectivity index (χ0n) is 15.4. The molecular formula is C19H28N4O2. The monoisotopic (exact) mass is 344 g/mol. The Morgan fingerprint density at radius 2 is 1.84 bits per heavy atom. The van der Waals surface area contributed by atoms with Gasteiger partial charge >= 0.3 is 0 Å². The Kier molecular flexibility index (Phi) is 4.08. The van der Waals surface area contributed by atoms with Crippen molar-refractivity contribution in [1.29, 1.82) is 0 Å². The number of carbonyl (C=O) groups is 2. The molecule has 3 fully saturated rings. The summed E-state index contributed by atoms with van der Waals surface area (Å²) in [6.45, 7) is 6.12. The number of piperidine rings is 1. The van der Waals surface area contributed by atoms with E-state index in [1.54, 1.807) is 6.33 Å². The third kappa shape index (κ3) is 2.85. The van der Waals surface area contributed by atoms with Gasteiger partial charge in [-0.3, -0.25) is 9.59 Å². The highest BCUT2D eigenvalue weighted by atomic mass is 16.2. The van der Waals surface area contributed by atoms with E-state index < -0.39 is 0 Å². The number of imidazole rings is 1. The fourth-order valence-corrected chi connectivity index (χ4v) is 4.50.